The molecule has 0 spiro atoms. The number of methoxy groups -OCH3 is 1. The minimum Gasteiger partial charge on any atom is -0.495 e. The monoisotopic (exact) mass is 334 g/mol. The number of nitrogens with zero attached hydrogens (tertiary/aromatic N) is 2. The second-order valence-corrected chi connectivity index (χ2v) is 5.43. The van der Waals surface area contributed by atoms with Crippen LogP contribution in [0.15, 0.2) is 60.9 Å². The fourth-order valence-electron chi connectivity index (χ4n) is 2.23. The highest BCUT2D eigenvalue weighted by Crippen LogP contribution is 2.23. The number of ether oxygens (including phenoxy) is 1. The van der Waals surface area contributed by atoms with E-state index in [1.807, 2.05) is 43.3 Å². The number of benzene rings is 2. The van der Waals surface area contributed by atoms with Crippen LogP contribution < -0.4 is 15.4 Å². The van der Waals surface area contributed by atoms with E-state index in [4.69, 9.17) is 4.74 Å². The number of aromatic nitrogens is 2. The van der Waals surface area contributed by atoms with E-state index in [1.165, 1.54) is 18.0 Å². The second kappa shape index (κ2) is 7.44. The summed E-state index contributed by atoms with van der Waals surface area (Å²) in [7, 11) is 1.55. The Morgan fingerprint density at radius 1 is 1.00 bits per heavy atom. The molecule has 0 aliphatic heterocycles. The van der Waals surface area contributed by atoms with Crippen molar-refractivity contribution in [1.29, 1.82) is 0 Å². The number of nitrogens with one attached hydrogen (secondary N) is 2. The number of carbonyl (C=O) groups excluding carboxylic acids is 1. The highest BCUT2D eigenvalue weighted by molar-refractivity contribution is 6.03. The predicted octanol–water partition coefficient (Wildman–Crippen LogP) is 3.79. The molecule has 0 aliphatic rings. The molecule has 0 saturated carbocycles. The summed E-state index contributed by atoms with van der Waals surface area (Å²) < 4.78 is 5.22. The van der Waals surface area contributed by atoms with E-state index in [0.717, 1.165) is 5.69 Å². The van der Waals surface area contributed by atoms with Crippen LogP contribution in [-0.2, 0) is 0 Å². The van der Waals surface area contributed by atoms with Gasteiger partial charge in [0.25, 0.3) is 5.91 Å². The van der Waals surface area contributed by atoms with Gasteiger partial charge in [-0.1, -0.05) is 29.8 Å². The fourth-order valence-corrected chi connectivity index (χ4v) is 2.23. The van der Waals surface area contributed by atoms with E-state index < -0.39 is 0 Å². The molecule has 0 atom stereocenters. The van der Waals surface area contributed by atoms with Crippen molar-refractivity contribution in [2.24, 2.45) is 0 Å². The smallest absolute Gasteiger partial charge is 0.275 e. The van der Waals surface area contributed by atoms with E-state index in [0.29, 0.717) is 17.3 Å². The summed E-state index contributed by atoms with van der Waals surface area (Å²) in [5, 5.41) is 5.91. The highest BCUT2D eigenvalue weighted by atomic mass is 16.5. The van der Waals surface area contributed by atoms with Crippen molar-refractivity contribution < 1.29 is 9.53 Å². The first kappa shape index (κ1) is 16.4. The van der Waals surface area contributed by atoms with Gasteiger partial charge in [0, 0.05) is 5.69 Å². The molecule has 6 heteroatoms. The van der Waals surface area contributed by atoms with Crippen LogP contribution in [-0.4, -0.2) is 23.0 Å². The molecule has 0 radical (unpaired) electrons. The molecule has 0 bridgehead atoms. The van der Waals surface area contributed by atoms with Gasteiger partial charge in [0.05, 0.1) is 25.2 Å². The van der Waals surface area contributed by atoms with Crippen LogP contribution in [0.5, 0.6) is 5.75 Å². The molecule has 126 valence electrons. The average molecular weight is 334 g/mol. The van der Waals surface area contributed by atoms with Gasteiger partial charge in [-0.05, 0) is 31.2 Å². The van der Waals surface area contributed by atoms with E-state index in [-0.39, 0.29) is 11.6 Å². The van der Waals surface area contributed by atoms with Gasteiger partial charge >= 0.3 is 0 Å². The van der Waals surface area contributed by atoms with Crippen LogP contribution in [0.1, 0.15) is 16.1 Å². The summed E-state index contributed by atoms with van der Waals surface area (Å²) in [5.74, 6) is 0.804. The Labute approximate surface area is 145 Å². The lowest BCUT2D eigenvalue weighted by molar-refractivity contribution is 0.102. The van der Waals surface area contributed by atoms with E-state index in [1.54, 1.807) is 19.2 Å². The molecule has 0 fully saturated rings. The third-order valence-corrected chi connectivity index (χ3v) is 3.56. The van der Waals surface area contributed by atoms with Gasteiger partial charge in [-0.2, -0.15) is 0 Å². The zero-order valence-electron chi connectivity index (χ0n) is 14.0. The number of hydrogen-bond acceptors (Lipinski definition) is 5. The average Bonchev–Trinajstić information content (AvgIpc) is 2.64. The number of anilines is 3. The first-order chi connectivity index (χ1) is 12.2. The Balaban J connectivity index is 1.69. The SMILES string of the molecule is COc1ccccc1NC(=O)c1cnc(Nc2ccc(C)cc2)cn1. The number of para-hydroxylation sites is 2. The molecule has 6 nitrogen and oxygen atoms in total. The molecule has 2 N–H and O–H groups in total. The molecule has 25 heavy (non-hydrogen) atoms. The molecule has 0 unspecified atom stereocenters. The topological polar surface area (TPSA) is 76.1 Å². The molecule has 2 aromatic carbocycles. The summed E-state index contributed by atoms with van der Waals surface area (Å²) in [5.41, 5.74) is 2.89. The molecule has 0 aliphatic carbocycles. The third kappa shape index (κ3) is 4.11. The zero-order valence-corrected chi connectivity index (χ0v) is 14.0. The van der Waals surface area contributed by atoms with E-state index in [2.05, 4.69) is 20.6 Å². The first-order valence-electron chi connectivity index (χ1n) is 7.76. The van der Waals surface area contributed by atoms with Gasteiger partial charge in [0.2, 0.25) is 0 Å². The first-order valence-corrected chi connectivity index (χ1v) is 7.76. The summed E-state index contributed by atoms with van der Waals surface area (Å²) in [6.07, 6.45) is 2.96. The van der Waals surface area contributed by atoms with Gasteiger partial charge in [-0.15, -0.1) is 0 Å². The van der Waals surface area contributed by atoms with Crippen LogP contribution in [0, 0.1) is 6.92 Å². The maximum absolute atomic E-state index is 12.3. The van der Waals surface area contributed by atoms with Crippen LogP contribution in [0.25, 0.3) is 0 Å². The number of amides is 1. The van der Waals surface area contributed by atoms with Crippen LogP contribution in [0.3, 0.4) is 0 Å². The standard InChI is InChI=1S/C19H18N4O2/c1-13-7-9-14(10-8-13)22-18-12-20-16(11-21-18)19(24)23-15-5-3-4-6-17(15)25-2/h3-12H,1-2H3,(H,21,22)(H,23,24). The Kier molecular flexibility index (Phi) is 4.89. The minimum absolute atomic E-state index is 0.223. The quantitative estimate of drug-likeness (QED) is 0.742. The lowest BCUT2D eigenvalue weighted by Gasteiger charge is -2.10. The van der Waals surface area contributed by atoms with Crippen molar-refractivity contribution in [2.45, 2.75) is 6.92 Å². The lowest BCUT2D eigenvalue weighted by atomic mass is 10.2. The van der Waals surface area contributed by atoms with Crippen molar-refractivity contribution in [1.82, 2.24) is 9.97 Å². The molecular weight excluding hydrogens is 316 g/mol. The fraction of sp³-hybridized carbons (Fsp3) is 0.105. The summed E-state index contributed by atoms with van der Waals surface area (Å²) >= 11 is 0. The number of hydrogen-bond donors (Lipinski definition) is 2. The van der Waals surface area contributed by atoms with Crippen LogP contribution in [0.4, 0.5) is 17.2 Å². The Morgan fingerprint density at radius 2 is 1.76 bits per heavy atom. The van der Waals surface area contributed by atoms with E-state index in [9.17, 15) is 4.79 Å². The zero-order chi connectivity index (χ0) is 17.6. The molecule has 1 aromatic heterocycles. The molecule has 0 saturated heterocycles. The minimum atomic E-state index is -0.348. The van der Waals surface area contributed by atoms with Gasteiger partial charge in [0.1, 0.15) is 17.3 Å². The molecular formula is C19H18N4O2. The summed E-state index contributed by atoms with van der Waals surface area (Å²) in [4.78, 5) is 20.7. The number of carbonyl (C=O) groups is 1. The Morgan fingerprint density at radius 3 is 2.44 bits per heavy atom. The van der Waals surface area contributed by atoms with Crippen molar-refractivity contribution in [2.75, 3.05) is 17.7 Å². The number of rotatable bonds is 5. The van der Waals surface area contributed by atoms with Crippen molar-refractivity contribution in [3.8, 4) is 5.75 Å². The highest BCUT2D eigenvalue weighted by Gasteiger charge is 2.11. The van der Waals surface area contributed by atoms with Gasteiger partial charge in [-0.3, -0.25) is 4.79 Å². The Hall–Kier alpha value is -3.41. The maximum atomic E-state index is 12.3. The summed E-state index contributed by atoms with van der Waals surface area (Å²) in [6.45, 7) is 2.03. The molecule has 3 rings (SSSR count). The van der Waals surface area contributed by atoms with Gasteiger partial charge in [0.15, 0.2) is 0 Å². The molecule has 3 aromatic rings. The van der Waals surface area contributed by atoms with Gasteiger partial charge < -0.3 is 15.4 Å². The Bertz CT molecular complexity index is 861. The van der Waals surface area contributed by atoms with Gasteiger partial charge in [-0.25, -0.2) is 9.97 Å². The summed E-state index contributed by atoms with van der Waals surface area (Å²) in [6, 6.07) is 15.1. The van der Waals surface area contributed by atoms with Crippen LogP contribution >= 0.6 is 0 Å². The molecule has 1 amide bonds. The van der Waals surface area contributed by atoms with Crippen molar-refractivity contribution in [3.05, 3.63) is 72.2 Å². The predicted molar refractivity (Wildman–Crippen MR) is 97.4 cm³/mol. The van der Waals surface area contributed by atoms with Crippen LogP contribution in [0.2, 0.25) is 0 Å². The maximum Gasteiger partial charge on any atom is 0.275 e. The van der Waals surface area contributed by atoms with Crippen molar-refractivity contribution in [3.63, 3.8) is 0 Å². The lowest BCUT2D eigenvalue weighted by Crippen LogP contribution is -2.14. The van der Waals surface area contributed by atoms with Crippen molar-refractivity contribution >= 4 is 23.1 Å². The second-order valence-electron chi connectivity index (χ2n) is 5.43. The molecule has 1 heterocycles. The normalized spacial score (nSPS) is 10.2. The third-order valence-electron chi connectivity index (χ3n) is 3.56. The largest absolute Gasteiger partial charge is 0.495 e. The number of aryl methyl sites for hydroxylation is 1. The van der Waals surface area contributed by atoms with E-state index >= 15 is 0 Å².